The molecule has 0 saturated carbocycles. The number of nitrogens with two attached hydrogens (primary N) is 2. The summed E-state index contributed by atoms with van der Waals surface area (Å²) in [4.78, 5) is 71.2. The van der Waals surface area contributed by atoms with E-state index in [1.807, 2.05) is 0 Å². The molecule has 4 amide bonds. The zero-order valence-corrected chi connectivity index (χ0v) is 19.3. The van der Waals surface area contributed by atoms with Crippen molar-refractivity contribution >= 4 is 35.6 Å². The van der Waals surface area contributed by atoms with Crippen LogP contribution in [0.3, 0.4) is 0 Å². The number of carboxylic acid groups (broad SMARTS) is 2. The van der Waals surface area contributed by atoms with Crippen LogP contribution >= 0.6 is 0 Å². The fourth-order valence-electron chi connectivity index (χ4n) is 2.84. The molecular weight excluding hydrogens is 438 g/mol. The van der Waals surface area contributed by atoms with Crippen LogP contribution in [0.25, 0.3) is 0 Å². The Labute approximate surface area is 192 Å². The Morgan fingerprint density at radius 1 is 0.818 bits per heavy atom. The predicted octanol–water partition coefficient (Wildman–Crippen LogP) is -1.70. The fraction of sp³-hybridized carbons (Fsp3) is 0.700. The number of carbonyl (C=O) groups is 6. The summed E-state index contributed by atoms with van der Waals surface area (Å²) >= 11 is 0. The number of hydrogen-bond donors (Lipinski definition) is 7. The van der Waals surface area contributed by atoms with Gasteiger partial charge in [-0.3, -0.25) is 24.0 Å². The molecule has 0 radical (unpaired) electrons. The quantitative estimate of drug-likeness (QED) is 0.143. The van der Waals surface area contributed by atoms with Crippen LogP contribution in [0, 0.1) is 11.8 Å². The molecule has 0 heterocycles. The van der Waals surface area contributed by atoms with E-state index in [4.69, 9.17) is 16.6 Å². The van der Waals surface area contributed by atoms with Gasteiger partial charge in [-0.2, -0.15) is 0 Å². The monoisotopic (exact) mass is 473 g/mol. The first kappa shape index (κ1) is 29.8. The second-order valence-corrected chi connectivity index (χ2v) is 8.53. The van der Waals surface area contributed by atoms with Crippen molar-refractivity contribution in [2.24, 2.45) is 23.3 Å². The summed E-state index contributed by atoms with van der Waals surface area (Å²) in [6.45, 7) is 6.75. The van der Waals surface area contributed by atoms with Crippen molar-refractivity contribution in [3.8, 4) is 0 Å². The van der Waals surface area contributed by atoms with E-state index in [2.05, 4.69) is 16.0 Å². The highest BCUT2D eigenvalue weighted by atomic mass is 16.4. The standard InChI is InChI=1S/C20H35N5O8/c1-9(2)7-13(20(32)33)24-18(30)12(8-14(22)26)23-19(31)16(10(3)4)25-17(29)11(21)5-6-15(27)28/h9-13,16H,5-8,21H2,1-4H3,(H2,22,26)(H,23,31)(H,24,30)(H,25,29)(H,27,28)(H,32,33). The molecular formula is C20H35N5O8. The molecule has 0 aromatic rings. The molecule has 13 heteroatoms. The number of carboxylic acids is 2. The first-order valence-electron chi connectivity index (χ1n) is 10.5. The average Bonchev–Trinajstić information content (AvgIpc) is 2.67. The lowest BCUT2D eigenvalue weighted by atomic mass is 10.0. The van der Waals surface area contributed by atoms with Crippen molar-refractivity contribution in [2.45, 2.75) is 77.5 Å². The summed E-state index contributed by atoms with van der Waals surface area (Å²) in [7, 11) is 0. The van der Waals surface area contributed by atoms with Gasteiger partial charge in [0.2, 0.25) is 23.6 Å². The van der Waals surface area contributed by atoms with Gasteiger partial charge in [0.1, 0.15) is 18.1 Å². The Bertz CT molecular complexity index is 740. The molecule has 188 valence electrons. The first-order valence-corrected chi connectivity index (χ1v) is 10.5. The second-order valence-electron chi connectivity index (χ2n) is 8.53. The van der Waals surface area contributed by atoms with E-state index >= 15 is 0 Å². The van der Waals surface area contributed by atoms with Gasteiger partial charge in [-0.05, 0) is 24.7 Å². The molecule has 0 aliphatic heterocycles. The minimum absolute atomic E-state index is 0.0542. The maximum absolute atomic E-state index is 12.8. The molecule has 4 atom stereocenters. The normalized spacial score (nSPS) is 14.6. The Morgan fingerprint density at radius 2 is 1.36 bits per heavy atom. The number of primary amides is 1. The van der Waals surface area contributed by atoms with Crippen LogP contribution in [0.15, 0.2) is 0 Å². The number of nitrogens with one attached hydrogen (secondary N) is 3. The third kappa shape index (κ3) is 11.8. The largest absolute Gasteiger partial charge is 0.481 e. The van der Waals surface area contributed by atoms with E-state index in [-0.39, 0.29) is 25.2 Å². The van der Waals surface area contributed by atoms with E-state index in [1.54, 1.807) is 27.7 Å². The molecule has 9 N–H and O–H groups in total. The number of hydrogen-bond acceptors (Lipinski definition) is 7. The van der Waals surface area contributed by atoms with E-state index < -0.39 is 72.1 Å². The van der Waals surface area contributed by atoms with Crippen molar-refractivity contribution < 1.29 is 39.0 Å². The summed E-state index contributed by atoms with van der Waals surface area (Å²) < 4.78 is 0. The van der Waals surface area contributed by atoms with Crippen molar-refractivity contribution in [3.05, 3.63) is 0 Å². The number of rotatable bonds is 15. The minimum atomic E-state index is -1.47. The average molecular weight is 474 g/mol. The lowest BCUT2D eigenvalue weighted by molar-refractivity contribution is -0.143. The molecule has 0 spiro atoms. The van der Waals surface area contributed by atoms with Gasteiger partial charge in [-0.25, -0.2) is 4.79 Å². The van der Waals surface area contributed by atoms with Gasteiger partial charge in [0.25, 0.3) is 0 Å². The van der Waals surface area contributed by atoms with Crippen LogP contribution in [0.1, 0.15) is 53.4 Å². The van der Waals surface area contributed by atoms with Gasteiger partial charge in [-0.1, -0.05) is 27.7 Å². The first-order chi connectivity index (χ1) is 15.1. The summed E-state index contributed by atoms with van der Waals surface area (Å²) in [5.74, 6) is -6.33. The lowest BCUT2D eigenvalue weighted by Crippen LogP contribution is -2.59. The van der Waals surface area contributed by atoms with E-state index in [1.165, 1.54) is 0 Å². The summed E-state index contributed by atoms with van der Waals surface area (Å²) in [6, 6.07) is -5.05. The molecule has 0 fully saturated rings. The van der Waals surface area contributed by atoms with Gasteiger partial charge < -0.3 is 37.6 Å². The number of aliphatic carboxylic acids is 2. The van der Waals surface area contributed by atoms with Crippen molar-refractivity contribution in [3.63, 3.8) is 0 Å². The molecule has 0 aromatic carbocycles. The predicted molar refractivity (Wildman–Crippen MR) is 116 cm³/mol. The highest BCUT2D eigenvalue weighted by Crippen LogP contribution is 2.08. The SMILES string of the molecule is CC(C)CC(NC(=O)C(CC(N)=O)NC(=O)C(NC(=O)C(N)CCC(=O)O)C(C)C)C(=O)O. The maximum Gasteiger partial charge on any atom is 0.326 e. The Kier molecular flexibility index (Phi) is 12.7. The van der Waals surface area contributed by atoms with Crippen LogP contribution in [-0.4, -0.2) is 69.9 Å². The molecule has 0 rings (SSSR count). The molecule has 4 unspecified atom stereocenters. The van der Waals surface area contributed by atoms with Crippen LogP contribution in [0.5, 0.6) is 0 Å². The third-order valence-electron chi connectivity index (χ3n) is 4.61. The fourth-order valence-corrected chi connectivity index (χ4v) is 2.84. The zero-order chi connectivity index (χ0) is 25.9. The summed E-state index contributed by atoms with van der Waals surface area (Å²) in [6.07, 6.45) is -0.957. The maximum atomic E-state index is 12.8. The highest BCUT2D eigenvalue weighted by molar-refractivity contribution is 5.96. The topological polar surface area (TPSA) is 231 Å². The van der Waals surface area contributed by atoms with E-state index in [0.29, 0.717) is 0 Å². The second kappa shape index (κ2) is 14.0. The molecule has 0 saturated heterocycles. The summed E-state index contributed by atoms with van der Waals surface area (Å²) in [5.41, 5.74) is 10.8. The van der Waals surface area contributed by atoms with Gasteiger partial charge >= 0.3 is 11.9 Å². The molecule has 33 heavy (non-hydrogen) atoms. The molecule has 0 bridgehead atoms. The van der Waals surface area contributed by atoms with Gasteiger partial charge in [0.15, 0.2) is 0 Å². The third-order valence-corrected chi connectivity index (χ3v) is 4.61. The smallest absolute Gasteiger partial charge is 0.326 e. The summed E-state index contributed by atoms with van der Waals surface area (Å²) in [5, 5.41) is 25.1. The molecule has 0 aliphatic rings. The molecule has 0 aliphatic carbocycles. The number of carbonyl (C=O) groups excluding carboxylic acids is 4. The van der Waals surface area contributed by atoms with Gasteiger partial charge in [0, 0.05) is 6.42 Å². The van der Waals surface area contributed by atoms with E-state index in [0.717, 1.165) is 0 Å². The van der Waals surface area contributed by atoms with Crippen molar-refractivity contribution in [1.29, 1.82) is 0 Å². The van der Waals surface area contributed by atoms with E-state index in [9.17, 15) is 33.9 Å². The van der Waals surface area contributed by atoms with Crippen molar-refractivity contribution in [2.75, 3.05) is 0 Å². The van der Waals surface area contributed by atoms with Gasteiger partial charge in [-0.15, -0.1) is 0 Å². The Morgan fingerprint density at radius 3 is 1.79 bits per heavy atom. The molecule has 13 nitrogen and oxygen atoms in total. The number of amides is 4. The molecule has 0 aromatic heterocycles. The minimum Gasteiger partial charge on any atom is -0.481 e. The lowest BCUT2D eigenvalue weighted by Gasteiger charge is -2.26. The van der Waals surface area contributed by atoms with Crippen molar-refractivity contribution in [1.82, 2.24) is 16.0 Å². The Balaban J connectivity index is 5.42. The van der Waals surface area contributed by atoms with Crippen LogP contribution in [0.4, 0.5) is 0 Å². The highest BCUT2D eigenvalue weighted by Gasteiger charge is 2.32. The van der Waals surface area contributed by atoms with Crippen LogP contribution in [-0.2, 0) is 28.8 Å². The van der Waals surface area contributed by atoms with Gasteiger partial charge in [0.05, 0.1) is 12.5 Å². The van der Waals surface area contributed by atoms with Crippen LogP contribution in [0.2, 0.25) is 0 Å². The van der Waals surface area contributed by atoms with Crippen LogP contribution < -0.4 is 27.4 Å². The Hall–Kier alpha value is -3.22. The zero-order valence-electron chi connectivity index (χ0n) is 19.3.